The number of aryl methyl sites for hydroxylation is 1. The number of aromatic carboxylic acids is 1. The Morgan fingerprint density at radius 3 is 2.42 bits per heavy atom. The highest BCUT2D eigenvalue weighted by Gasteiger charge is 2.15. The van der Waals surface area contributed by atoms with Crippen LogP contribution >= 0.6 is 11.6 Å². The Bertz CT molecular complexity index is 1340. The monoisotopic (exact) mass is 434 g/mol. The number of nitrogens with one attached hydrogen (secondary N) is 1. The van der Waals surface area contributed by atoms with Gasteiger partial charge in [0.2, 0.25) is 0 Å². The first-order chi connectivity index (χ1) is 14.7. The minimum absolute atomic E-state index is 0.000381. The van der Waals surface area contributed by atoms with E-state index in [1.807, 2.05) is 25.1 Å². The summed E-state index contributed by atoms with van der Waals surface area (Å²) >= 11 is 6.48. The van der Waals surface area contributed by atoms with Crippen molar-refractivity contribution in [1.82, 2.24) is 9.97 Å². The van der Waals surface area contributed by atoms with Crippen LogP contribution in [-0.4, -0.2) is 26.8 Å². The predicted octanol–water partition coefficient (Wildman–Crippen LogP) is 6.19. The van der Waals surface area contributed by atoms with Crippen LogP contribution in [-0.2, 0) is 0 Å². The number of ether oxygens (including phenoxy) is 1. The van der Waals surface area contributed by atoms with Gasteiger partial charge in [-0.2, -0.15) is 4.98 Å². The largest absolute Gasteiger partial charge is 0.478 e. The van der Waals surface area contributed by atoms with Gasteiger partial charge in [-0.15, -0.1) is 0 Å². The fourth-order valence-electron chi connectivity index (χ4n) is 3.38. The van der Waals surface area contributed by atoms with Crippen LogP contribution in [0.2, 0.25) is 5.02 Å². The number of benzene rings is 3. The predicted molar refractivity (Wildman–Crippen MR) is 119 cm³/mol. The van der Waals surface area contributed by atoms with Gasteiger partial charge in [-0.25, -0.2) is 4.79 Å². The number of hydrogen-bond donors (Lipinski definition) is 2. The maximum Gasteiger partial charge on any atom is 0.336 e. The second-order valence-electron chi connectivity index (χ2n) is 7.34. The molecule has 0 bridgehead atoms. The normalized spacial score (nSPS) is 11.0. The molecule has 0 atom stereocenters. The van der Waals surface area contributed by atoms with Crippen LogP contribution in [0.1, 0.15) is 38.8 Å². The quantitative estimate of drug-likeness (QED) is 0.365. The Balaban J connectivity index is 1.69. The first-order valence-electron chi connectivity index (χ1n) is 9.56. The lowest BCUT2D eigenvalue weighted by molar-refractivity contribution is 0.0695. The number of Topliss-reactive ketones (excluding diaryl/α,β-unsaturated/α-hetero) is 1. The maximum absolute atomic E-state index is 11.5. The molecule has 7 heteroatoms. The summed E-state index contributed by atoms with van der Waals surface area (Å²) in [6.45, 7) is 5.11. The number of H-pyrrole nitrogens is 1. The van der Waals surface area contributed by atoms with Crippen LogP contribution in [0, 0.1) is 13.8 Å². The van der Waals surface area contributed by atoms with Crippen LogP contribution in [0.5, 0.6) is 11.8 Å². The van der Waals surface area contributed by atoms with Crippen molar-refractivity contribution in [1.29, 1.82) is 0 Å². The Morgan fingerprint density at radius 1 is 1.06 bits per heavy atom. The first kappa shape index (κ1) is 20.6. The highest BCUT2D eigenvalue weighted by molar-refractivity contribution is 6.34. The second kappa shape index (κ2) is 7.89. The van der Waals surface area contributed by atoms with E-state index in [9.17, 15) is 14.7 Å². The molecule has 3 aromatic carbocycles. The maximum atomic E-state index is 11.5. The fraction of sp³-hybridized carbons (Fsp3) is 0.125. The van der Waals surface area contributed by atoms with Crippen LogP contribution in [0.25, 0.3) is 22.2 Å². The third kappa shape index (κ3) is 4.02. The molecule has 0 saturated carbocycles. The number of rotatable bonds is 5. The smallest absolute Gasteiger partial charge is 0.336 e. The van der Waals surface area contributed by atoms with Gasteiger partial charge in [0.05, 0.1) is 21.6 Å². The summed E-state index contributed by atoms with van der Waals surface area (Å²) in [7, 11) is 0. The summed E-state index contributed by atoms with van der Waals surface area (Å²) in [6.07, 6.45) is 0. The lowest BCUT2D eigenvalue weighted by Crippen LogP contribution is -2.02. The number of aromatic amines is 1. The molecule has 2 N–H and O–H groups in total. The molecule has 0 spiro atoms. The Labute approximate surface area is 183 Å². The number of carbonyl (C=O) groups is 2. The lowest BCUT2D eigenvalue weighted by atomic mass is 10.0. The molecule has 0 saturated heterocycles. The zero-order chi connectivity index (χ0) is 22.3. The van der Waals surface area contributed by atoms with Gasteiger partial charge in [-0.3, -0.25) is 4.79 Å². The molecule has 0 aliphatic carbocycles. The topological polar surface area (TPSA) is 92.3 Å². The van der Waals surface area contributed by atoms with Crippen molar-refractivity contribution in [3.05, 3.63) is 75.8 Å². The van der Waals surface area contributed by atoms with E-state index in [2.05, 4.69) is 9.97 Å². The first-order valence-corrected chi connectivity index (χ1v) is 9.94. The van der Waals surface area contributed by atoms with Crippen molar-refractivity contribution in [3.8, 4) is 22.9 Å². The molecule has 1 aromatic heterocycles. The molecule has 1 heterocycles. The van der Waals surface area contributed by atoms with E-state index in [1.54, 1.807) is 31.2 Å². The van der Waals surface area contributed by atoms with Gasteiger partial charge in [0.25, 0.3) is 6.01 Å². The van der Waals surface area contributed by atoms with Gasteiger partial charge in [0.1, 0.15) is 5.75 Å². The Hall–Kier alpha value is -3.64. The van der Waals surface area contributed by atoms with E-state index in [4.69, 9.17) is 16.3 Å². The highest BCUT2D eigenvalue weighted by Crippen LogP contribution is 2.33. The van der Waals surface area contributed by atoms with Crippen LogP contribution in [0.3, 0.4) is 0 Å². The van der Waals surface area contributed by atoms with Crippen molar-refractivity contribution in [2.75, 3.05) is 0 Å². The molecule has 6 nitrogen and oxygen atoms in total. The van der Waals surface area contributed by atoms with E-state index in [0.29, 0.717) is 32.9 Å². The van der Waals surface area contributed by atoms with Crippen molar-refractivity contribution in [2.24, 2.45) is 0 Å². The number of hydrogen-bond acceptors (Lipinski definition) is 4. The number of carboxylic acid groups (broad SMARTS) is 1. The van der Waals surface area contributed by atoms with E-state index in [0.717, 1.165) is 16.7 Å². The molecule has 31 heavy (non-hydrogen) atoms. The standard InChI is InChI=1S/C24H19ClN2O4/c1-12-8-17(9-18(13(12)2)23(29)30)31-24-26-21-10-19(20(25)11-22(21)27-24)16-6-4-15(5-7-16)14(3)28/h4-11H,1-3H3,(H,26,27)(H,29,30). The van der Waals surface area contributed by atoms with Crippen molar-refractivity contribution in [3.63, 3.8) is 0 Å². The molecule has 156 valence electrons. The van der Waals surface area contributed by atoms with Gasteiger partial charge in [0.15, 0.2) is 5.78 Å². The van der Waals surface area contributed by atoms with Crippen LogP contribution < -0.4 is 4.74 Å². The number of carboxylic acids is 1. The van der Waals surface area contributed by atoms with Gasteiger partial charge in [0, 0.05) is 11.1 Å². The number of nitrogens with zero attached hydrogens (tertiary/aromatic N) is 1. The molecule has 0 amide bonds. The summed E-state index contributed by atoms with van der Waals surface area (Å²) in [4.78, 5) is 30.5. The lowest BCUT2D eigenvalue weighted by Gasteiger charge is -2.08. The molecular weight excluding hydrogens is 416 g/mol. The SMILES string of the molecule is CC(=O)c1ccc(-c2cc3nc(Oc4cc(C)c(C)c(C(=O)O)c4)[nH]c3cc2Cl)cc1. The zero-order valence-electron chi connectivity index (χ0n) is 17.1. The second-order valence-corrected chi connectivity index (χ2v) is 7.75. The van der Waals surface area contributed by atoms with Gasteiger partial charge < -0.3 is 14.8 Å². The molecule has 4 aromatic rings. The fourth-order valence-corrected chi connectivity index (χ4v) is 3.65. The molecule has 0 fully saturated rings. The summed E-state index contributed by atoms with van der Waals surface area (Å²) in [5.74, 6) is -0.631. The van der Waals surface area contributed by atoms with E-state index >= 15 is 0 Å². The van der Waals surface area contributed by atoms with Crippen LogP contribution in [0.15, 0.2) is 48.5 Å². The summed E-state index contributed by atoms with van der Waals surface area (Å²) in [5, 5.41) is 9.92. The average Bonchev–Trinajstić information content (AvgIpc) is 3.10. The number of imidazole rings is 1. The van der Waals surface area contributed by atoms with Crippen molar-refractivity contribution < 1.29 is 19.4 Å². The van der Waals surface area contributed by atoms with Gasteiger partial charge >= 0.3 is 5.97 Å². The number of halogens is 1. The molecule has 0 aliphatic rings. The molecule has 0 aliphatic heterocycles. The third-order valence-electron chi connectivity index (χ3n) is 5.24. The Kier molecular flexibility index (Phi) is 5.25. The van der Waals surface area contributed by atoms with Crippen molar-refractivity contribution in [2.45, 2.75) is 20.8 Å². The Morgan fingerprint density at radius 2 is 1.77 bits per heavy atom. The number of ketones is 1. The molecule has 0 unspecified atom stereocenters. The van der Waals surface area contributed by atoms with E-state index in [-0.39, 0.29) is 17.4 Å². The zero-order valence-corrected chi connectivity index (χ0v) is 17.9. The summed E-state index contributed by atoms with van der Waals surface area (Å²) in [6, 6.07) is 14.3. The third-order valence-corrected chi connectivity index (χ3v) is 5.55. The average molecular weight is 435 g/mol. The number of aromatic nitrogens is 2. The van der Waals surface area contributed by atoms with Crippen molar-refractivity contribution >= 4 is 34.4 Å². The van der Waals surface area contributed by atoms with E-state index in [1.165, 1.54) is 13.0 Å². The highest BCUT2D eigenvalue weighted by atomic mass is 35.5. The van der Waals surface area contributed by atoms with Crippen LogP contribution in [0.4, 0.5) is 0 Å². The van der Waals surface area contributed by atoms with Gasteiger partial charge in [-0.1, -0.05) is 35.9 Å². The van der Waals surface area contributed by atoms with Gasteiger partial charge in [-0.05, 0) is 61.7 Å². The number of fused-ring (bicyclic) bond motifs is 1. The molecule has 4 rings (SSSR count). The number of carbonyl (C=O) groups excluding carboxylic acids is 1. The minimum Gasteiger partial charge on any atom is -0.478 e. The molecule has 0 radical (unpaired) electrons. The van der Waals surface area contributed by atoms with E-state index < -0.39 is 5.97 Å². The summed E-state index contributed by atoms with van der Waals surface area (Å²) < 4.78 is 5.81. The molecular formula is C24H19ClN2O4. The summed E-state index contributed by atoms with van der Waals surface area (Å²) in [5.41, 5.74) is 5.29. The minimum atomic E-state index is -1.01.